The molecule has 1 heterocycles. The number of rotatable bonds is 4. The first kappa shape index (κ1) is 10.7. The molecule has 4 heteroatoms. The Morgan fingerprint density at radius 2 is 2.23 bits per heavy atom. The monoisotopic (exact) mass is 292 g/mol. The predicted molar refractivity (Wildman–Crippen MR) is 60.2 cm³/mol. The van der Waals surface area contributed by atoms with E-state index >= 15 is 0 Å². The second kappa shape index (κ2) is 4.74. The Kier molecular flexibility index (Phi) is 3.90. The number of halogens is 1. The summed E-state index contributed by atoms with van der Waals surface area (Å²) in [6.07, 6.45) is 4.89. The molecule has 72 valence electrons. The summed E-state index contributed by atoms with van der Waals surface area (Å²) in [5, 5.41) is 0. The summed E-state index contributed by atoms with van der Waals surface area (Å²) < 4.78 is 6.54. The third-order valence-electron chi connectivity index (χ3n) is 1.51. The Bertz CT molecular complexity index is 251. The lowest BCUT2D eigenvalue weighted by Gasteiger charge is -2.20. The maximum atomic E-state index is 5.48. The molecule has 0 spiro atoms. The molecule has 1 aromatic rings. The van der Waals surface area contributed by atoms with Gasteiger partial charge in [-0.15, -0.1) is 0 Å². The zero-order valence-corrected chi connectivity index (χ0v) is 9.98. The summed E-state index contributed by atoms with van der Waals surface area (Å²) in [6, 6.07) is 0. The summed E-state index contributed by atoms with van der Waals surface area (Å²) in [7, 11) is 0. The molecular formula is C9H13IN2O. The fourth-order valence-electron chi connectivity index (χ4n) is 0.668. The van der Waals surface area contributed by atoms with Gasteiger partial charge in [0.15, 0.2) is 0 Å². The molecule has 0 fully saturated rings. The van der Waals surface area contributed by atoms with Crippen LogP contribution in [0.3, 0.4) is 0 Å². The average molecular weight is 292 g/mol. The van der Waals surface area contributed by atoms with Crippen molar-refractivity contribution >= 4 is 22.6 Å². The first-order chi connectivity index (χ1) is 6.14. The van der Waals surface area contributed by atoms with Crippen LogP contribution in [0.15, 0.2) is 18.6 Å². The molecule has 0 aromatic carbocycles. The van der Waals surface area contributed by atoms with Gasteiger partial charge in [0, 0.05) is 22.2 Å². The maximum Gasteiger partial charge on any atom is 0.232 e. The number of alkyl halides is 1. The SMILES string of the molecule is CC(C)(CI)COc1cnccn1. The second-order valence-corrected chi connectivity index (χ2v) is 4.39. The smallest absolute Gasteiger partial charge is 0.232 e. The minimum absolute atomic E-state index is 0.193. The van der Waals surface area contributed by atoms with Crippen molar-refractivity contribution in [3.63, 3.8) is 0 Å². The summed E-state index contributed by atoms with van der Waals surface area (Å²) in [4.78, 5) is 7.95. The number of hydrogen-bond acceptors (Lipinski definition) is 3. The Morgan fingerprint density at radius 3 is 2.77 bits per heavy atom. The minimum Gasteiger partial charge on any atom is -0.476 e. The Morgan fingerprint density at radius 1 is 1.46 bits per heavy atom. The van der Waals surface area contributed by atoms with Crippen LogP contribution in [-0.4, -0.2) is 21.0 Å². The van der Waals surface area contributed by atoms with E-state index in [0.29, 0.717) is 12.5 Å². The van der Waals surface area contributed by atoms with Crippen molar-refractivity contribution in [3.8, 4) is 5.88 Å². The van der Waals surface area contributed by atoms with Gasteiger partial charge in [-0.25, -0.2) is 4.98 Å². The Hall–Kier alpha value is -0.390. The van der Waals surface area contributed by atoms with Crippen LogP contribution >= 0.6 is 22.6 Å². The van der Waals surface area contributed by atoms with E-state index in [1.807, 2.05) is 0 Å². The second-order valence-electron chi connectivity index (χ2n) is 3.63. The van der Waals surface area contributed by atoms with Gasteiger partial charge in [-0.1, -0.05) is 36.4 Å². The van der Waals surface area contributed by atoms with E-state index < -0.39 is 0 Å². The van der Waals surface area contributed by atoms with Crippen molar-refractivity contribution in [2.24, 2.45) is 5.41 Å². The summed E-state index contributed by atoms with van der Waals surface area (Å²) >= 11 is 2.36. The molecule has 0 saturated heterocycles. The number of nitrogens with zero attached hydrogens (tertiary/aromatic N) is 2. The lowest BCUT2D eigenvalue weighted by atomic mass is 9.99. The molecule has 0 saturated carbocycles. The van der Waals surface area contributed by atoms with E-state index in [1.54, 1.807) is 18.6 Å². The van der Waals surface area contributed by atoms with Crippen LogP contribution in [0.4, 0.5) is 0 Å². The van der Waals surface area contributed by atoms with Crippen molar-refractivity contribution in [2.45, 2.75) is 13.8 Å². The fraction of sp³-hybridized carbons (Fsp3) is 0.556. The normalized spacial score (nSPS) is 11.3. The molecule has 0 aliphatic heterocycles. The van der Waals surface area contributed by atoms with Crippen molar-refractivity contribution in [3.05, 3.63) is 18.6 Å². The van der Waals surface area contributed by atoms with Crippen LogP contribution < -0.4 is 4.74 Å². The van der Waals surface area contributed by atoms with Crippen molar-refractivity contribution < 1.29 is 4.74 Å². The van der Waals surface area contributed by atoms with Crippen LogP contribution in [0.1, 0.15) is 13.8 Å². The molecule has 0 atom stereocenters. The third kappa shape index (κ3) is 3.89. The van der Waals surface area contributed by atoms with Gasteiger partial charge in [0.2, 0.25) is 5.88 Å². The molecule has 3 nitrogen and oxygen atoms in total. The quantitative estimate of drug-likeness (QED) is 0.631. The first-order valence-electron chi connectivity index (χ1n) is 4.09. The molecule has 0 N–H and O–H groups in total. The largest absolute Gasteiger partial charge is 0.476 e. The fourth-order valence-corrected chi connectivity index (χ4v) is 0.888. The van der Waals surface area contributed by atoms with E-state index in [0.717, 1.165) is 4.43 Å². The molecule has 1 rings (SSSR count). The molecule has 0 aliphatic rings. The van der Waals surface area contributed by atoms with Gasteiger partial charge < -0.3 is 4.74 Å². The van der Waals surface area contributed by atoms with Crippen molar-refractivity contribution in [1.82, 2.24) is 9.97 Å². The van der Waals surface area contributed by atoms with Gasteiger partial charge in [-0.2, -0.15) is 0 Å². The highest BCUT2D eigenvalue weighted by Gasteiger charge is 2.16. The Balaban J connectivity index is 2.44. The van der Waals surface area contributed by atoms with Crippen LogP contribution in [0.2, 0.25) is 0 Å². The molecule has 1 aromatic heterocycles. The molecule has 0 amide bonds. The van der Waals surface area contributed by atoms with Crippen LogP contribution in [0.5, 0.6) is 5.88 Å². The van der Waals surface area contributed by atoms with Gasteiger partial charge in [0.1, 0.15) is 0 Å². The number of hydrogen-bond donors (Lipinski definition) is 0. The number of ether oxygens (including phenoxy) is 1. The van der Waals surface area contributed by atoms with Crippen molar-refractivity contribution in [2.75, 3.05) is 11.0 Å². The van der Waals surface area contributed by atoms with E-state index in [4.69, 9.17) is 4.74 Å². The van der Waals surface area contributed by atoms with Gasteiger partial charge in [-0.3, -0.25) is 4.98 Å². The lowest BCUT2D eigenvalue weighted by Crippen LogP contribution is -2.23. The van der Waals surface area contributed by atoms with E-state index in [2.05, 4.69) is 46.4 Å². The predicted octanol–water partition coefficient (Wildman–Crippen LogP) is 2.32. The minimum atomic E-state index is 0.193. The van der Waals surface area contributed by atoms with E-state index in [1.165, 1.54) is 0 Å². The van der Waals surface area contributed by atoms with Crippen molar-refractivity contribution in [1.29, 1.82) is 0 Å². The summed E-state index contributed by atoms with van der Waals surface area (Å²) in [5.41, 5.74) is 0.193. The first-order valence-corrected chi connectivity index (χ1v) is 5.61. The lowest BCUT2D eigenvalue weighted by molar-refractivity contribution is 0.197. The summed E-state index contributed by atoms with van der Waals surface area (Å²) in [6.45, 7) is 5.00. The average Bonchev–Trinajstić information content (AvgIpc) is 2.17. The van der Waals surface area contributed by atoms with E-state index in [9.17, 15) is 0 Å². The number of aromatic nitrogens is 2. The molecule has 0 aliphatic carbocycles. The van der Waals surface area contributed by atoms with Gasteiger partial charge in [0.25, 0.3) is 0 Å². The van der Waals surface area contributed by atoms with E-state index in [-0.39, 0.29) is 5.41 Å². The van der Waals surface area contributed by atoms with Crippen LogP contribution in [0, 0.1) is 5.41 Å². The van der Waals surface area contributed by atoms with Gasteiger partial charge >= 0.3 is 0 Å². The Labute approximate surface area is 92.1 Å². The van der Waals surface area contributed by atoms with Crippen LogP contribution in [-0.2, 0) is 0 Å². The van der Waals surface area contributed by atoms with Gasteiger partial charge in [-0.05, 0) is 0 Å². The molecule has 0 bridgehead atoms. The standard InChI is InChI=1S/C9H13IN2O/c1-9(2,6-10)7-13-8-5-11-3-4-12-8/h3-5H,6-7H2,1-2H3. The van der Waals surface area contributed by atoms with Crippen LogP contribution in [0.25, 0.3) is 0 Å². The summed E-state index contributed by atoms with van der Waals surface area (Å²) in [5.74, 6) is 0.598. The molecule has 0 unspecified atom stereocenters. The molecule has 0 radical (unpaired) electrons. The third-order valence-corrected chi connectivity index (χ3v) is 3.58. The zero-order valence-electron chi connectivity index (χ0n) is 7.83. The molecule has 13 heavy (non-hydrogen) atoms. The molecular weight excluding hydrogens is 279 g/mol. The highest BCUT2D eigenvalue weighted by atomic mass is 127. The topological polar surface area (TPSA) is 35.0 Å². The highest BCUT2D eigenvalue weighted by Crippen LogP contribution is 2.19. The van der Waals surface area contributed by atoms with Gasteiger partial charge in [0.05, 0.1) is 12.8 Å². The maximum absolute atomic E-state index is 5.48. The highest BCUT2D eigenvalue weighted by molar-refractivity contribution is 14.1. The zero-order chi connectivity index (χ0) is 9.73.